The van der Waals surface area contributed by atoms with E-state index in [9.17, 15) is 14.0 Å². The summed E-state index contributed by atoms with van der Waals surface area (Å²) in [6.45, 7) is 11.8. The number of hydrogen-bond acceptors (Lipinski definition) is 4. The van der Waals surface area contributed by atoms with Crippen molar-refractivity contribution in [1.82, 2.24) is 14.7 Å². The number of halogens is 2. The molecule has 0 bridgehead atoms. The van der Waals surface area contributed by atoms with Crippen molar-refractivity contribution >= 4 is 22.5 Å². The van der Waals surface area contributed by atoms with Crippen LogP contribution in [0.4, 0.5) is 19.3 Å². The predicted molar refractivity (Wildman–Crippen MR) is 143 cm³/mol. The quantitative estimate of drug-likeness (QED) is 0.357. The van der Waals surface area contributed by atoms with Crippen LogP contribution in [-0.4, -0.2) is 48.0 Å². The van der Waals surface area contributed by atoms with E-state index in [1.165, 1.54) is 36.1 Å². The van der Waals surface area contributed by atoms with E-state index in [-0.39, 0.29) is 29.3 Å². The van der Waals surface area contributed by atoms with Crippen molar-refractivity contribution in [3.05, 3.63) is 75.9 Å². The Bertz CT molecular complexity index is 1370. The van der Waals surface area contributed by atoms with Gasteiger partial charge in [-0.25, -0.2) is 13.6 Å². The molecule has 7 nitrogen and oxygen atoms in total. The monoisotopic (exact) mass is 512 g/mol. The number of urea groups is 1. The van der Waals surface area contributed by atoms with Crippen molar-refractivity contribution in [2.75, 3.05) is 32.2 Å². The highest BCUT2D eigenvalue weighted by Crippen LogP contribution is 2.31. The minimum absolute atomic E-state index is 0.00728. The van der Waals surface area contributed by atoms with Gasteiger partial charge in [-0.2, -0.15) is 9.78 Å². The molecule has 0 aliphatic rings. The maximum Gasteiger partial charge on any atom is 0.328 e. The molecule has 1 atom stereocenters. The van der Waals surface area contributed by atoms with Crippen LogP contribution < -0.4 is 10.5 Å². The summed E-state index contributed by atoms with van der Waals surface area (Å²) >= 11 is 0. The standard InChI is InChI=1S/C28H34F2N4O3/c1-8-11-17(3)25-20-15-24(32(6)28(36)33(9-2)19(5)16-37-7)23(30)14-21(20)27(35)34(31-25)26-18(4)12-10-13-22(26)29/h10,12-15,17H,5,8-9,11,16H2,1-4,6-7H3. The van der Waals surface area contributed by atoms with Gasteiger partial charge in [-0.3, -0.25) is 14.6 Å². The molecule has 3 rings (SSSR count). The number of rotatable bonds is 9. The first-order chi connectivity index (χ1) is 17.6. The maximum absolute atomic E-state index is 15.5. The van der Waals surface area contributed by atoms with E-state index in [4.69, 9.17) is 4.74 Å². The first-order valence-corrected chi connectivity index (χ1v) is 12.3. The lowest BCUT2D eigenvalue weighted by Gasteiger charge is -2.29. The summed E-state index contributed by atoms with van der Waals surface area (Å²) in [6.07, 6.45) is 1.60. The summed E-state index contributed by atoms with van der Waals surface area (Å²) in [5.74, 6) is -1.47. The average molecular weight is 513 g/mol. The molecule has 0 aliphatic carbocycles. The Hall–Kier alpha value is -3.59. The number of benzene rings is 2. The number of likely N-dealkylation sites (N-methyl/N-ethyl adjacent to an activating group) is 1. The van der Waals surface area contributed by atoms with Crippen LogP contribution in [0.1, 0.15) is 50.8 Å². The lowest BCUT2D eigenvalue weighted by atomic mass is 9.96. The summed E-state index contributed by atoms with van der Waals surface area (Å²) in [5, 5.41) is 5.07. The summed E-state index contributed by atoms with van der Waals surface area (Å²) in [4.78, 5) is 29.3. The van der Waals surface area contributed by atoms with Crippen LogP contribution in [0, 0.1) is 18.6 Å². The van der Waals surface area contributed by atoms with Gasteiger partial charge in [-0.15, -0.1) is 0 Å². The number of aromatic nitrogens is 2. The molecule has 0 saturated heterocycles. The number of ether oxygens (including phenoxy) is 1. The minimum Gasteiger partial charge on any atom is -0.378 e. The molecule has 0 fully saturated rings. The first-order valence-electron chi connectivity index (χ1n) is 12.3. The zero-order chi connectivity index (χ0) is 27.4. The van der Waals surface area contributed by atoms with Crippen molar-refractivity contribution in [3.8, 4) is 5.69 Å². The molecule has 37 heavy (non-hydrogen) atoms. The van der Waals surface area contributed by atoms with Gasteiger partial charge in [-0.1, -0.05) is 39.0 Å². The fourth-order valence-electron chi connectivity index (χ4n) is 4.53. The Labute approximate surface area is 215 Å². The topological polar surface area (TPSA) is 67.7 Å². The molecule has 198 valence electrons. The van der Waals surface area contributed by atoms with Crippen molar-refractivity contribution < 1.29 is 18.3 Å². The second-order valence-electron chi connectivity index (χ2n) is 9.13. The van der Waals surface area contributed by atoms with E-state index < -0.39 is 23.2 Å². The largest absolute Gasteiger partial charge is 0.378 e. The number of methoxy groups -OCH3 is 1. The minimum atomic E-state index is -0.758. The number of hydrogen-bond donors (Lipinski definition) is 0. The number of carbonyl (C=O) groups is 1. The first kappa shape index (κ1) is 28.0. The highest BCUT2D eigenvalue weighted by Gasteiger charge is 2.26. The van der Waals surface area contributed by atoms with E-state index >= 15 is 4.39 Å². The molecule has 1 unspecified atom stereocenters. The second kappa shape index (κ2) is 11.6. The molecule has 0 N–H and O–H groups in total. The van der Waals surface area contributed by atoms with Gasteiger partial charge >= 0.3 is 6.03 Å². The van der Waals surface area contributed by atoms with Crippen molar-refractivity contribution in [3.63, 3.8) is 0 Å². The van der Waals surface area contributed by atoms with Crippen LogP contribution in [0.25, 0.3) is 16.5 Å². The molecule has 1 heterocycles. The highest BCUT2D eigenvalue weighted by atomic mass is 19.1. The number of para-hydroxylation sites is 1. The molecule has 0 radical (unpaired) electrons. The van der Waals surface area contributed by atoms with Gasteiger partial charge < -0.3 is 4.74 Å². The number of fused-ring (bicyclic) bond motifs is 1. The number of anilines is 1. The second-order valence-corrected chi connectivity index (χ2v) is 9.13. The Balaban J connectivity index is 2.27. The van der Waals surface area contributed by atoms with E-state index in [0.717, 1.165) is 23.6 Å². The van der Waals surface area contributed by atoms with Gasteiger partial charge in [0, 0.05) is 37.7 Å². The van der Waals surface area contributed by atoms with E-state index in [0.29, 0.717) is 28.9 Å². The molecule has 2 aromatic carbocycles. The molecule has 0 aliphatic heterocycles. The lowest BCUT2D eigenvalue weighted by molar-refractivity contribution is 0.185. The zero-order valence-corrected chi connectivity index (χ0v) is 22.3. The number of aryl methyl sites for hydroxylation is 1. The number of carbonyl (C=O) groups excluding carboxylic acids is 1. The molecule has 3 aromatic rings. The lowest BCUT2D eigenvalue weighted by Crippen LogP contribution is -2.41. The molecule has 2 amide bonds. The van der Waals surface area contributed by atoms with Crippen LogP contribution >= 0.6 is 0 Å². The maximum atomic E-state index is 15.5. The van der Waals surface area contributed by atoms with Gasteiger partial charge in [0.2, 0.25) is 0 Å². The van der Waals surface area contributed by atoms with Gasteiger partial charge in [0.15, 0.2) is 0 Å². The van der Waals surface area contributed by atoms with Gasteiger partial charge in [0.25, 0.3) is 5.56 Å². The van der Waals surface area contributed by atoms with Crippen molar-refractivity contribution in [2.24, 2.45) is 0 Å². The van der Waals surface area contributed by atoms with Crippen LogP contribution in [0.15, 0.2) is 47.4 Å². The predicted octanol–water partition coefficient (Wildman–Crippen LogP) is 5.91. The Morgan fingerprint density at radius 2 is 1.89 bits per heavy atom. The smallest absolute Gasteiger partial charge is 0.328 e. The third kappa shape index (κ3) is 5.41. The van der Waals surface area contributed by atoms with Crippen molar-refractivity contribution in [1.29, 1.82) is 0 Å². The summed E-state index contributed by atoms with van der Waals surface area (Å²) in [5.41, 5.74) is 0.876. The molecule has 1 aromatic heterocycles. The summed E-state index contributed by atoms with van der Waals surface area (Å²) in [6, 6.07) is 6.59. The Morgan fingerprint density at radius 1 is 1.19 bits per heavy atom. The number of nitrogens with zero attached hydrogens (tertiary/aromatic N) is 4. The molecular formula is C28H34F2N4O3. The average Bonchev–Trinajstić information content (AvgIpc) is 2.85. The SMILES string of the molecule is C=C(COC)N(CC)C(=O)N(C)c1cc2c(C(C)CCC)nn(-c3c(C)cccc3F)c(=O)c2cc1F. The van der Waals surface area contributed by atoms with E-state index in [2.05, 4.69) is 11.7 Å². The molecule has 0 spiro atoms. The van der Waals surface area contributed by atoms with E-state index in [1.807, 2.05) is 13.8 Å². The van der Waals surface area contributed by atoms with Crippen LogP contribution in [-0.2, 0) is 4.74 Å². The van der Waals surface area contributed by atoms with Crippen LogP contribution in [0.5, 0.6) is 0 Å². The molecule has 9 heteroatoms. The Kier molecular flexibility index (Phi) is 8.81. The Morgan fingerprint density at radius 3 is 2.49 bits per heavy atom. The van der Waals surface area contributed by atoms with Gasteiger partial charge in [0.1, 0.15) is 17.3 Å². The van der Waals surface area contributed by atoms with Crippen molar-refractivity contribution in [2.45, 2.75) is 46.5 Å². The third-order valence-electron chi connectivity index (χ3n) is 6.47. The fourth-order valence-corrected chi connectivity index (χ4v) is 4.53. The molecule has 0 saturated carbocycles. The van der Waals surface area contributed by atoms with Crippen LogP contribution in [0.2, 0.25) is 0 Å². The summed E-state index contributed by atoms with van der Waals surface area (Å²) < 4.78 is 36.4. The third-order valence-corrected chi connectivity index (χ3v) is 6.47. The van der Waals surface area contributed by atoms with Gasteiger partial charge in [0.05, 0.1) is 23.4 Å². The normalized spacial score (nSPS) is 12.0. The zero-order valence-electron chi connectivity index (χ0n) is 22.3. The highest BCUT2D eigenvalue weighted by molar-refractivity contribution is 5.96. The number of amides is 2. The summed E-state index contributed by atoms with van der Waals surface area (Å²) in [7, 11) is 2.96. The van der Waals surface area contributed by atoms with Crippen LogP contribution in [0.3, 0.4) is 0 Å². The van der Waals surface area contributed by atoms with Gasteiger partial charge in [-0.05, 0) is 44.0 Å². The molecular weight excluding hydrogens is 478 g/mol. The fraction of sp³-hybridized carbons (Fsp3) is 0.393. The van der Waals surface area contributed by atoms with E-state index in [1.54, 1.807) is 26.0 Å².